The minimum atomic E-state index is -0.458. The number of esters is 1. The summed E-state index contributed by atoms with van der Waals surface area (Å²) < 4.78 is 4.95. The topological polar surface area (TPSA) is 83.5 Å². The molecule has 0 radical (unpaired) electrons. The van der Waals surface area contributed by atoms with Crippen LogP contribution in [0.15, 0.2) is 18.3 Å². The normalized spacial score (nSPS) is 11.6. The molecule has 110 valence electrons. The van der Waals surface area contributed by atoms with Gasteiger partial charge >= 0.3 is 5.97 Å². The van der Waals surface area contributed by atoms with Crippen LogP contribution in [0.2, 0.25) is 0 Å². The molecule has 0 bridgehead atoms. The van der Waals surface area contributed by atoms with Gasteiger partial charge in [0.2, 0.25) is 0 Å². The van der Waals surface area contributed by atoms with Gasteiger partial charge in [0.1, 0.15) is 11.4 Å². The van der Waals surface area contributed by atoms with Gasteiger partial charge in [-0.3, -0.25) is 0 Å². The summed E-state index contributed by atoms with van der Waals surface area (Å²) in [5.74, 6) is -0.128. The molecule has 0 saturated heterocycles. The molecule has 0 aliphatic rings. The molecule has 6 nitrogen and oxygen atoms in total. The fraction of sp³-hybridized carbons (Fsp3) is 0.462. The highest BCUT2D eigenvalue weighted by atomic mass is 32.1. The maximum Gasteiger partial charge on any atom is 0.341 e. The van der Waals surface area contributed by atoms with Crippen LogP contribution in [-0.4, -0.2) is 40.4 Å². The molecular weight excluding hydrogens is 278 g/mol. The Morgan fingerprint density at radius 3 is 2.90 bits per heavy atom. The third-order valence-corrected chi connectivity index (χ3v) is 2.80. The van der Waals surface area contributed by atoms with E-state index >= 15 is 0 Å². The maximum atomic E-state index is 11.8. The quantitative estimate of drug-likeness (QED) is 0.539. The highest BCUT2D eigenvalue weighted by Gasteiger charge is 2.15. The number of ether oxygens (including phenoxy) is 1. The van der Waals surface area contributed by atoms with Crippen molar-refractivity contribution in [3.63, 3.8) is 0 Å². The van der Waals surface area contributed by atoms with Crippen LogP contribution >= 0.6 is 12.2 Å². The number of nitrogens with zero attached hydrogens (tertiary/aromatic N) is 1. The molecule has 20 heavy (non-hydrogen) atoms. The molecule has 1 aromatic rings. The second-order valence-electron chi connectivity index (χ2n) is 4.01. The fourth-order valence-corrected chi connectivity index (χ4v) is 1.75. The molecular formula is C13H19N3O3S. The second-order valence-corrected chi connectivity index (χ2v) is 4.41. The van der Waals surface area contributed by atoms with Crippen molar-refractivity contribution in [3.8, 4) is 0 Å². The van der Waals surface area contributed by atoms with Crippen molar-refractivity contribution >= 4 is 29.1 Å². The van der Waals surface area contributed by atoms with E-state index in [1.165, 1.54) is 0 Å². The van der Waals surface area contributed by atoms with Crippen molar-refractivity contribution in [3.05, 3.63) is 23.9 Å². The molecule has 1 heterocycles. The van der Waals surface area contributed by atoms with E-state index in [1.807, 2.05) is 6.92 Å². The number of pyridine rings is 1. The molecule has 0 aliphatic heterocycles. The molecule has 0 aromatic carbocycles. The van der Waals surface area contributed by atoms with Crippen molar-refractivity contribution in [2.45, 2.75) is 26.3 Å². The van der Waals surface area contributed by atoms with Gasteiger partial charge in [-0.25, -0.2) is 9.78 Å². The third kappa shape index (κ3) is 4.75. The number of carbonyl (C=O) groups excluding carboxylic acids is 1. The lowest BCUT2D eigenvalue weighted by atomic mass is 10.2. The van der Waals surface area contributed by atoms with E-state index in [9.17, 15) is 4.79 Å². The number of rotatable bonds is 6. The van der Waals surface area contributed by atoms with Gasteiger partial charge in [-0.2, -0.15) is 0 Å². The molecule has 7 heteroatoms. The van der Waals surface area contributed by atoms with Crippen LogP contribution < -0.4 is 10.6 Å². The standard InChI is InChI=1S/C13H19N3O3S/c1-3-9(8-17)15-13(20)16-11-10(6-5-7-14-11)12(18)19-4-2/h5-7,9,17H,3-4,8H2,1-2H3,(H2,14,15,16,20)/t9-/m1/s1. The molecule has 0 saturated carbocycles. The molecule has 0 amide bonds. The summed E-state index contributed by atoms with van der Waals surface area (Å²) in [6.07, 6.45) is 2.28. The average molecular weight is 297 g/mol. The highest BCUT2D eigenvalue weighted by molar-refractivity contribution is 7.80. The van der Waals surface area contributed by atoms with Gasteiger partial charge in [-0.05, 0) is 37.7 Å². The zero-order chi connectivity index (χ0) is 15.0. The van der Waals surface area contributed by atoms with Gasteiger partial charge in [0.05, 0.1) is 19.3 Å². The number of hydrogen-bond donors (Lipinski definition) is 3. The highest BCUT2D eigenvalue weighted by Crippen LogP contribution is 2.12. The first-order valence-corrected chi connectivity index (χ1v) is 6.83. The van der Waals surface area contributed by atoms with Gasteiger partial charge in [0, 0.05) is 6.20 Å². The van der Waals surface area contributed by atoms with Crippen molar-refractivity contribution in [1.29, 1.82) is 0 Å². The zero-order valence-electron chi connectivity index (χ0n) is 11.5. The SMILES string of the molecule is CCOC(=O)c1cccnc1NC(=S)N[C@H](CC)CO. The summed E-state index contributed by atoms with van der Waals surface area (Å²) in [5.41, 5.74) is 0.315. The largest absolute Gasteiger partial charge is 0.462 e. The molecule has 0 spiro atoms. The summed E-state index contributed by atoms with van der Waals surface area (Å²) >= 11 is 5.13. The van der Waals surface area contributed by atoms with Crippen molar-refractivity contribution < 1.29 is 14.6 Å². The Morgan fingerprint density at radius 1 is 1.55 bits per heavy atom. The summed E-state index contributed by atoms with van der Waals surface area (Å²) in [4.78, 5) is 15.9. The Labute approximate surface area is 123 Å². The van der Waals surface area contributed by atoms with Gasteiger partial charge < -0.3 is 20.5 Å². The first-order valence-electron chi connectivity index (χ1n) is 6.42. The summed E-state index contributed by atoms with van der Waals surface area (Å²) in [6, 6.07) is 3.13. The van der Waals surface area contributed by atoms with Crippen molar-refractivity contribution in [1.82, 2.24) is 10.3 Å². The van der Waals surface area contributed by atoms with Crippen LogP contribution in [-0.2, 0) is 4.74 Å². The van der Waals surface area contributed by atoms with Crippen LogP contribution in [0.4, 0.5) is 5.82 Å². The number of aliphatic hydroxyl groups is 1. The Morgan fingerprint density at radius 2 is 2.30 bits per heavy atom. The van der Waals surface area contributed by atoms with Crippen molar-refractivity contribution in [2.24, 2.45) is 0 Å². The third-order valence-electron chi connectivity index (χ3n) is 2.58. The first kappa shape index (κ1) is 16.3. The smallest absolute Gasteiger partial charge is 0.341 e. The Balaban J connectivity index is 2.77. The molecule has 0 fully saturated rings. The molecule has 1 aromatic heterocycles. The molecule has 3 N–H and O–H groups in total. The first-order chi connectivity index (χ1) is 9.62. The number of aliphatic hydroxyl groups excluding tert-OH is 1. The lowest BCUT2D eigenvalue weighted by molar-refractivity contribution is 0.0527. The molecule has 1 rings (SSSR count). The van der Waals surface area contributed by atoms with E-state index in [0.29, 0.717) is 16.5 Å². The van der Waals surface area contributed by atoms with Crippen molar-refractivity contribution in [2.75, 3.05) is 18.5 Å². The predicted octanol–water partition coefficient (Wildman–Crippen LogP) is 1.32. The van der Waals surface area contributed by atoms with Crippen LogP contribution in [0, 0.1) is 0 Å². The molecule has 0 aliphatic carbocycles. The van der Waals surface area contributed by atoms with Crippen LogP contribution in [0.25, 0.3) is 0 Å². The average Bonchev–Trinajstić information content (AvgIpc) is 2.45. The van der Waals surface area contributed by atoms with E-state index in [0.717, 1.165) is 6.42 Å². The van der Waals surface area contributed by atoms with Gasteiger partial charge in [0.25, 0.3) is 0 Å². The Bertz CT molecular complexity index is 464. The fourth-order valence-electron chi connectivity index (χ4n) is 1.48. The summed E-state index contributed by atoms with van der Waals surface area (Å²) in [6.45, 7) is 3.94. The van der Waals surface area contributed by atoms with Crippen LogP contribution in [0.5, 0.6) is 0 Å². The summed E-state index contributed by atoms with van der Waals surface area (Å²) in [5, 5.41) is 15.2. The number of hydrogen-bond acceptors (Lipinski definition) is 5. The Kier molecular flexibility index (Phi) is 6.89. The van der Waals surface area contributed by atoms with E-state index in [2.05, 4.69) is 15.6 Å². The minimum Gasteiger partial charge on any atom is -0.462 e. The lowest BCUT2D eigenvalue weighted by Crippen LogP contribution is -2.40. The molecule has 0 unspecified atom stereocenters. The monoisotopic (exact) mass is 297 g/mol. The molecule has 1 atom stereocenters. The number of carbonyl (C=O) groups is 1. The lowest BCUT2D eigenvalue weighted by Gasteiger charge is -2.17. The van der Waals surface area contributed by atoms with Crippen LogP contribution in [0.1, 0.15) is 30.6 Å². The number of thiocarbonyl (C=S) groups is 1. The zero-order valence-corrected chi connectivity index (χ0v) is 12.4. The van der Waals surface area contributed by atoms with E-state index in [4.69, 9.17) is 22.1 Å². The van der Waals surface area contributed by atoms with Crippen LogP contribution in [0.3, 0.4) is 0 Å². The number of aromatic nitrogens is 1. The Hall–Kier alpha value is -1.73. The van der Waals surface area contributed by atoms with Gasteiger partial charge in [-0.15, -0.1) is 0 Å². The van der Waals surface area contributed by atoms with Gasteiger partial charge in [-0.1, -0.05) is 6.92 Å². The maximum absolute atomic E-state index is 11.8. The second kappa shape index (κ2) is 8.44. The predicted molar refractivity (Wildman–Crippen MR) is 80.7 cm³/mol. The van der Waals surface area contributed by atoms with E-state index < -0.39 is 5.97 Å². The minimum absolute atomic E-state index is 0.0225. The van der Waals surface area contributed by atoms with E-state index in [1.54, 1.807) is 25.3 Å². The number of anilines is 1. The number of nitrogens with one attached hydrogen (secondary N) is 2. The van der Waals surface area contributed by atoms with E-state index in [-0.39, 0.29) is 19.3 Å². The van der Waals surface area contributed by atoms with Gasteiger partial charge in [0.15, 0.2) is 5.11 Å². The summed E-state index contributed by atoms with van der Waals surface area (Å²) in [7, 11) is 0.